The largest absolute Gasteiger partial charge is 0.0990 e. The molecule has 0 bridgehead atoms. The monoisotopic (exact) mass is 134 g/mol. The first-order valence-electron chi connectivity index (χ1n) is 3.30. The summed E-state index contributed by atoms with van der Waals surface area (Å²) in [5.41, 5.74) is 2.38. The number of allylic oxidation sites excluding steroid dienone is 6. The van der Waals surface area contributed by atoms with Gasteiger partial charge < -0.3 is 0 Å². The molecule has 0 saturated heterocycles. The molecule has 0 spiro atoms. The van der Waals surface area contributed by atoms with E-state index < -0.39 is 0 Å². The minimum atomic E-state index is 1.11. The molecule has 0 aromatic heterocycles. The highest BCUT2D eigenvalue weighted by atomic mass is 13.9. The minimum absolute atomic E-state index is 1.11. The van der Waals surface area contributed by atoms with Gasteiger partial charge in [-0.25, -0.2) is 0 Å². The Bertz CT molecular complexity index is 176. The molecule has 0 atom stereocenters. The Morgan fingerprint density at radius 1 is 1.20 bits per heavy atom. The third kappa shape index (κ3) is 3.90. The maximum atomic E-state index is 3.67. The van der Waals surface area contributed by atoms with Crippen LogP contribution in [-0.4, -0.2) is 0 Å². The van der Waals surface area contributed by atoms with Gasteiger partial charge in [-0.2, -0.15) is 0 Å². The highest BCUT2D eigenvalue weighted by Gasteiger charge is 1.81. The minimum Gasteiger partial charge on any atom is -0.0990 e. The predicted molar refractivity (Wildman–Crippen MR) is 47.9 cm³/mol. The molecule has 0 saturated carbocycles. The van der Waals surface area contributed by atoms with E-state index >= 15 is 0 Å². The Kier molecular flexibility index (Phi) is 4.30. The van der Waals surface area contributed by atoms with Gasteiger partial charge in [-0.05, 0) is 19.4 Å². The average Bonchev–Trinajstić information content (AvgIpc) is 1.86. The summed E-state index contributed by atoms with van der Waals surface area (Å²) in [7, 11) is 0. The highest BCUT2D eigenvalue weighted by molar-refractivity contribution is 5.33. The summed E-state index contributed by atoms with van der Waals surface area (Å²) in [5, 5.41) is 0. The van der Waals surface area contributed by atoms with Gasteiger partial charge in [0.2, 0.25) is 0 Å². The second-order valence-corrected chi connectivity index (χ2v) is 2.33. The summed E-state index contributed by atoms with van der Waals surface area (Å²) in [6.07, 6.45) is 7.57. The summed E-state index contributed by atoms with van der Waals surface area (Å²) >= 11 is 0. The van der Waals surface area contributed by atoms with Gasteiger partial charge in [-0.15, -0.1) is 0 Å². The van der Waals surface area contributed by atoms with Crippen LogP contribution in [0.3, 0.4) is 0 Å². The topological polar surface area (TPSA) is 0 Å². The Morgan fingerprint density at radius 3 is 2.10 bits per heavy atom. The van der Waals surface area contributed by atoms with E-state index in [9.17, 15) is 0 Å². The first-order chi connectivity index (χ1) is 4.70. The van der Waals surface area contributed by atoms with Crippen molar-refractivity contribution in [2.45, 2.75) is 13.8 Å². The van der Waals surface area contributed by atoms with Crippen molar-refractivity contribution in [2.24, 2.45) is 0 Å². The lowest BCUT2D eigenvalue weighted by Gasteiger charge is -1.91. The maximum Gasteiger partial charge on any atom is -0.0263 e. The van der Waals surface area contributed by atoms with Crippen molar-refractivity contribution >= 4 is 0 Å². The second-order valence-electron chi connectivity index (χ2n) is 2.33. The van der Waals surface area contributed by atoms with E-state index in [2.05, 4.69) is 33.1 Å². The van der Waals surface area contributed by atoms with Crippen LogP contribution in [0, 0.1) is 0 Å². The van der Waals surface area contributed by atoms with Gasteiger partial charge in [-0.1, -0.05) is 43.0 Å². The summed E-state index contributed by atoms with van der Waals surface area (Å²) in [5.74, 6) is 0. The third-order valence-electron chi connectivity index (χ3n) is 1.00. The van der Waals surface area contributed by atoms with Crippen molar-refractivity contribution in [1.29, 1.82) is 0 Å². The molecule has 54 valence electrons. The maximum absolute atomic E-state index is 3.67. The van der Waals surface area contributed by atoms with Crippen LogP contribution in [0.15, 0.2) is 48.6 Å². The normalized spacial score (nSPS) is 10.4. The number of rotatable bonds is 3. The fraction of sp³-hybridized carbons (Fsp3) is 0.200. The van der Waals surface area contributed by atoms with Crippen LogP contribution in [0.5, 0.6) is 0 Å². The fourth-order valence-corrected chi connectivity index (χ4v) is 0.644. The van der Waals surface area contributed by atoms with Crippen LogP contribution in [-0.2, 0) is 0 Å². The zero-order valence-electron chi connectivity index (χ0n) is 6.72. The van der Waals surface area contributed by atoms with Crippen LogP contribution in [0.25, 0.3) is 0 Å². The molecule has 0 N–H and O–H groups in total. The van der Waals surface area contributed by atoms with E-state index in [0.717, 1.165) is 5.57 Å². The predicted octanol–water partition coefficient (Wildman–Crippen LogP) is 3.25. The van der Waals surface area contributed by atoms with Gasteiger partial charge in [0.15, 0.2) is 0 Å². The second kappa shape index (κ2) is 4.80. The number of hydrogen-bond donors (Lipinski definition) is 0. The lowest BCUT2D eigenvalue weighted by atomic mass is 10.2. The zero-order chi connectivity index (χ0) is 7.98. The van der Waals surface area contributed by atoms with Crippen molar-refractivity contribution in [1.82, 2.24) is 0 Å². The molecule has 10 heavy (non-hydrogen) atoms. The summed E-state index contributed by atoms with van der Waals surface area (Å²) in [4.78, 5) is 0. The molecule has 0 fully saturated rings. The summed E-state index contributed by atoms with van der Waals surface area (Å²) in [6.45, 7) is 11.4. The molecule has 0 heteroatoms. The van der Waals surface area contributed by atoms with E-state index in [0.29, 0.717) is 0 Å². The van der Waals surface area contributed by atoms with Gasteiger partial charge in [0, 0.05) is 0 Å². The van der Waals surface area contributed by atoms with Gasteiger partial charge in [0.25, 0.3) is 0 Å². The Labute approximate surface area is 63.3 Å². The van der Waals surface area contributed by atoms with Gasteiger partial charge in [0.05, 0.1) is 0 Å². The van der Waals surface area contributed by atoms with Crippen molar-refractivity contribution in [3.05, 3.63) is 48.6 Å². The van der Waals surface area contributed by atoms with E-state index in [-0.39, 0.29) is 0 Å². The van der Waals surface area contributed by atoms with Crippen molar-refractivity contribution < 1.29 is 0 Å². The van der Waals surface area contributed by atoms with Gasteiger partial charge in [0.1, 0.15) is 0 Å². The van der Waals surface area contributed by atoms with Crippen LogP contribution in [0.4, 0.5) is 0 Å². The first kappa shape index (κ1) is 8.96. The van der Waals surface area contributed by atoms with Crippen LogP contribution >= 0.6 is 0 Å². The molecule has 0 aromatic carbocycles. The van der Waals surface area contributed by atoms with Crippen LogP contribution < -0.4 is 0 Å². The highest BCUT2D eigenvalue weighted by Crippen LogP contribution is 2.02. The van der Waals surface area contributed by atoms with E-state index in [1.807, 2.05) is 12.2 Å². The van der Waals surface area contributed by atoms with E-state index in [1.165, 1.54) is 5.57 Å². The molecular formula is C10H14. The van der Waals surface area contributed by atoms with E-state index in [1.54, 1.807) is 6.08 Å². The summed E-state index contributed by atoms with van der Waals surface area (Å²) in [6, 6.07) is 0. The van der Waals surface area contributed by atoms with Gasteiger partial charge >= 0.3 is 0 Å². The van der Waals surface area contributed by atoms with Crippen molar-refractivity contribution in [3.8, 4) is 0 Å². The lowest BCUT2D eigenvalue weighted by molar-refractivity contribution is 1.38. The average molecular weight is 134 g/mol. The molecule has 0 unspecified atom stereocenters. The molecule has 0 rings (SSSR count). The zero-order valence-corrected chi connectivity index (χ0v) is 6.72. The number of hydrogen-bond acceptors (Lipinski definition) is 0. The Balaban J connectivity index is 4.37. The molecule has 0 radical (unpaired) electrons. The molecule has 0 nitrogen and oxygen atoms in total. The Morgan fingerprint density at radius 2 is 1.80 bits per heavy atom. The molecule has 0 aliphatic carbocycles. The molecule has 0 aliphatic heterocycles. The molecule has 0 aliphatic rings. The van der Waals surface area contributed by atoms with Crippen LogP contribution in [0.1, 0.15) is 13.8 Å². The van der Waals surface area contributed by atoms with Crippen molar-refractivity contribution in [3.63, 3.8) is 0 Å². The molecule has 0 amide bonds. The first-order valence-corrected chi connectivity index (χ1v) is 3.30. The third-order valence-corrected chi connectivity index (χ3v) is 1.00. The molecule has 0 aromatic rings. The molecule has 0 heterocycles. The fourth-order valence-electron chi connectivity index (χ4n) is 0.644. The smallest absolute Gasteiger partial charge is 0.0263 e. The standard InChI is InChI=1S/C10H14/c1-5-7-10(6-2)8-9(3)4/h5-8H,1-2H2,3-4H3/b10-7+. The molecular weight excluding hydrogens is 120 g/mol. The van der Waals surface area contributed by atoms with Gasteiger partial charge in [-0.3, -0.25) is 0 Å². The van der Waals surface area contributed by atoms with Crippen molar-refractivity contribution in [2.75, 3.05) is 0 Å². The SMILES string of the molecule is C=C/C=C(\C=C)C=C(C)C. The lowest BCUT2D eigenvalue weighted by Crippen LogP contribution is -1.70. The summed E-state index contributed by atoms with van der Waals surface area (Å²) < 4.78 is 0. The quantitative estimate of drug-likeness (QED) is 0.520. The van der Waals surface area contributed by atoms with E-state index in [4.69, 9.17) is 0 Å². The Hall–Kier alpha value is -1.04. The van der Waals surface area contributed by atoms with Crippen LogP contribution in [0.2, 0.25) is 0 Å².